The van der Waals surface area contributed by atoms with Gasteiger partial charge in [-0.15, -0.1) is 0 Å². The number of carbonyl (C=O) groups is 2. The Morgan fingerprint density at radius 3 is 2.25 bits per heavy atom. The molecule has 0 heterocycles. The molecule has 0 rings (SSSR count). The number of hydrogen-bond donors (Lipinski definition) is 3. The normalized spacial score (nSPS) is 11.0. The first-order valence-corrected chi connectivity index (χ1v) is 5.69. The third-order valence-electron chi connectivity index (χ3n) is 2.14. The minimum atomic E-state index is -0.406. The molecule has 0 saturated carbocycles. The fraction of sp³-hybridized carbons (Fsp3) is 0.818. The van der Waals surface area contributed by atoms with E-state index in [1.807, 2.05) is 20.8 Å². The maximum atomic E-state index is 11.4. The molecular weight excluding hydrogens is 206 g/mol. The zero-order chi connectivity index (χ0) is 12.6. The van der Waals surface area contributed by atoms with Gasteiger partial charge < -0.3 is 16.4 Å². The lowest BCUT2D eigenvalue weighted by Gasteiger charge is -2.24. The molecule has 16 heavy (non-hydrogen) atoms. The quantitative estimate of drug-likeness (QED) is 0.581. The zero-order valence-corrected chi connectivity index (χ0v) is 10.4. The summed E-state index contributed by atoms with van der Waals surface area (Å²) in [5.74, 6) is -0.218. The fourth-order valence-corrected chi connectivity index (χ4v) is 1.07. The highest BCUT2D eigenvalue weighted by atomic mass is 16.2. The van der Waals surface area contributed by atoms with Crippen LogP contribution in [0, 0.1) is 0 Å². The summed E-state index contributed by atoms with van der Waals surface area (Å²) in [6.45, 7) is 6.72. The number of carbonyl (C=O) groups excluding carboxylic acids is 2. The Morgan fingerprint density at radius 1 is 1.19 bits per heavy atom. The molecule has 5 heteroatoms. The van der Waals surface area contributed by atoms with E-state index in [1.165, 1.54) is 0 Å². The van der Waals surface area contributed by atoms with Crippen molar-refractivity contribution in [3.63, 3.8) is 0 Å². The van der Waals surface area contributed by atoms with Gasteiger partial charge >= 0.3 is 0 Å². The van der Waals surface area contributed by atoms with Crippen LogP contribution in [-0.2, 0) is 9.59 Å². The van der Waals surface area contributed by atoms with E-state index < -0.39 is 5.54 Å². The second kappa shape index (κ2) is 7.22. The first-order chi connectivity index (χ1) is 7.41. The Morgan fingerprint density at radius 2 is 1.75 bits per heavy atom. The average Bonchev–Trinajstić information content (AvgIpc) is 2.23. The molecule has 0 aliphatic carbocycles. The molecule has 0 bridgehead atoms. The van der Waals surface area contributed by atoms with Gasteiger partial charge in [0.25, 0.3) is 0 Å². The molecule has 0 aliphatic rings. The SMILES string of the molecule is CCCNC(=O)CCC(=O)NC(C)(C)CN. The average molecular weight is 229 g/mol. The van der Waals surface area contributed by atoms with Crippen molar-refractivity contribution in [2.24, 2.45) is 5.73 Å². The molecule has 0 unspecified atom stereocenters. The van der Waals surface area contributed by atoms with Crippen LogP contribution < -0.4 is 16.4 Å². The van der Waals surface area contributed by atoms with Gasteiger partial charge in [0.2, 0.25) is 11.8 Å². The number of hydrogen-bond acceptors (Lipinski definition) is 3. The molecule has 4 N–H and O–H groups in total. The maximum absolute atomic E-state index is 11.4. The van der Waals surface area contributed by atoms with Crippen molar-refractivity contribution in [2.75, 3.05) is 13.1 Å². The maximum Gasteiger partial charge on any atom is 0.220 e. The number of nitrogens with one attached hydrogen (secondary N) is 2. The fourth-order valence-electron chi connectivity index (χ4n) is 1.07. The monoisotopic (exact) mass is 229 g/mol. The molecule has 0 aromatic carbocycles. The summed E-state index contributed by atoms with van der Waals surface area (Å²) in [6.07, 6.45) is 1.34. The van der Waals surface area contributed by atoms with Crippen LogP contribution in [0.1, 0.15) is 40.0 Å². The Bertz CT molecular complexity index is 239. The smallest absolute Gasteiger partial charge is 0.220 e. The van der Waals surface area contributed by atoms with E-state index >= 15 is 0 Å². The summed E-state index contributed by atoms with van der Waals surface area (Å²) in [7, 11) is 0. The predicted octanol–water partition coefficient (Wildman–Crippen LogP) is 0.146. The van der Waals surface area contributed by atoms with Gasteiger partial charge in [0.15, 0.2) is 0 Å². The Balaban J connectivity index is 3.77. The number of rotatable bonds is 7. The summed E-state index contributed by atoms with van der Waals surface area (Å²) >= 11 is 0. The largest absolute Gasteiger partial charge is 0.356 e. The van der Waals surface area contributed by atoms with Crippen LogP contribution in [0.4, 0.5) is 0 Å². The first-order valence-electron chi connectivity index (χ1n) is 5.69. The standard InChI is InChI=1S/C11H23N3O2/c1-4-7-13-9(15)5-6-10(16)14-11(2,3)8-12/h4-8,12H2,1-3H3,(H,13,15)(H,14,16). The van der Waals surface area contributed by atoms with Crippen LogP contribution in [0.5, 0.6) is 0 Å². The van der Waals surface area contributed by atoms with Crippen LogP contribution in [-0.4, -0.2) is 30.4 Å². The van der Waals surface area contributed by atoms with E-state index in [2.05, 4.69) is 10.6 Å². The van der Waals surface area contributed by atoms with Crippen molar-refractivity contribution in [3.8, 4) is 0 Å². The molecule has 0 aliphatic heterocycles. The van der Waals surface area contributed by atoms with Gasteiger partial charge in [0, 0.05) is 31.5 Å². The molecule has 0 saturated heterocycles. The highest BCUT2D eigenvalue weighted by Gasteiger charge is 2.18. The predicted molar refractivity (Wildman–Crippen MR) is 63.8 cm³/mol. The lowest BCUT2D eigenvalue weighted by molar-refractivity contribution is -0.127. The van der Waals surface area contributed by atoms with Crippen molar-refractivity contribution in [1.82, 2.24) is 10.6 Å². The molecule has 0 radical (unpaired) electrons. The number of nitrogens with two attached hydrogens (primary N) is 1. The third kappa shape index (κ3) is 7.23. The van der Waals surface area contributed by atoms with Crippen molar-refractivity contribution < 1.29 is 9.59 Å². The first kappa shape index (κ1) is 14.9. The second-order valence-corrected chi connectivity index (χ2v) is 4.49. The molecular formula is C11H23N3O2. The third-order valence-corrected chi connectivity index (χ3v) is 2.14. The topological polar surface area (TPSA) is 84.2 Å². The minimum absolute atomic E-state index is 0.0810. The molecule has 0 aromatic rings. The Kier molecular flexibility index (Phi) is 6.72. The summed E-state index contributed by atoms with van der Waals surface area (Å²) in [6, 6.07) is 0. The summed E-state index contributed by atoms with van der Waals surface area (Å²) in [5, 5.41) is 5.49. The van der Waals surface area contributed by atoms with Crippen molar-refractivity contribution in [3.05, 3.63) is 0 Å². The van der Waals surface area contributed by atoms with Crippen LogP contribution in [0.2, 0.25) is 0 Å². The molecule has 0 atom stereocenters. The molecule has 94 valence electrons. The highest BCUT2D eigenvalue weighted by molar-refractivity contribution is 5.84. The van der Waals surface area contributed by atoms with Gasteiger partial charge in [0.05, 0.1) is 0 Å². The minimum Gasteiger partial charge on any atom is -0.356 e. The van der Waals surface area contributed by atoms with Crippen molar-refractivity contribution in [1.29, 1.82) is 0 Å². The lowest BCUT2D eigenvalue weighted by Crippen LogP contribution is -2.49. The van der Waals surface area contributed by atoms with Crippen molar-refractivity contribution in [2.45, 2.75) is 45.6 Å². The Labute approximate surface area is 97.2 Å². The van der Waals surface area contributed by atoms with E-state index in [0.29, 0.717) is 13.1 Å². The van der Waals surface area contributed by atoms with Crippen LogP contribution in [0.15, 0.2) is 0 Å². The molecule has 0 fully saturated rings. The van der Waals surface area contributed by atoms with Crippen LogP contribution in [0.25, 0.3) is 0 Å². The van der Waals surface area contributed by atoms with Gasteiger partial charge in [-0.05, 0) is 20.3 Å². The van der Waals surface area contributed by atoms with Gasteiger partial charge in [-0.3, -0.25) is 9.59 Å². The van der Waals surface area contributed by atoms with Gasteiger partial charge in [-0.2, -0.15) is 0 Å². The van der Waals surface area contributed by atoms with Crippen molar-refractivity contribution >= 4 is 11.8 Å². The van der Waals surface area contributed by atoms with E-state index in [-0.39, 0.29) is 24.7 Å². The van der Waals surface area contributed by atoms with Crippen LogP contribution in [0.3, 0.4) is 0 Å². The summed E-state index contributed by atoms with van der Waals surface area (Å²) in [4.78, 5) is 22.7. The Hall–Kier alpha value is -1.10. The van der Waals surface area contributed by atoms with Gasteiger partial charge in [-0.25, -0.2) is 0 Å². The van der Waals surface area contributed by atoms with Gasteiger partial charge in [-0.1, -0.05) is 6.92 Å². The van der Waals surface area contributed by atoms with E-state index in [1.54, 1.807) is 0 Å². The lowest BCUT2D eigenvalue weighted by atomic mass is 10.1. The molecule has 0 spiro atoms. The molecule has 5 nitrogen and oxygen atoms in total. The molecule has 2 amide bonds. The van der Waals surface area contributed by atoms with Crippen LogP contribution >= 0.6 is 0 Å². The van der Waals surface area contributed by atoms with E-state index in [0.717, 1.165) is 6.42 Å². The van der Waals surface area contributed by atoms with Gasteiger partial charge in [0.1, 0.15) is 0 Å². The highest BCUT2D eigenvalue weighted by Crippen LogP contribution is 2.00. The zero-order valence-electron chi connectivity index (χ0n) is 10.4. The molecule has 0 aromatic heterocycles. The number of amides is 2. The van der Waals surface area contributed by atoms with E-state index in [9.17, 15) is 9.59 Å². The summed E-state index contributed by atoms with van der Waals surface area (Å²) < 4.78 is 0. The summed E-state index contributed by atoms with van der Waals surface area (Å²) in [5.41, 5.74) is 5.08. The van der Waals surface area contributed by atoms with E-state index in [4.69, 9.17) is 5.73 Å². The second-order valence-electron chi connectivity index (χ2n) is 4.49.